The average Bonchev–Trinajstić information content (AvgIpc) is 3.26. The van der Waals surface area contributed by atoms with Crippen molar-refractivity contribution in [2.75, 3.05) is 34.3 Å². The lowest BCUT2D eigenvalue weighted by Crippen LogP contribution is -3.00. The maximum atomic E-state index is 13.2. The number of carbonyl (C=O) groups is 1. The average molecular weight is 913 g/mol. The number of nitrogens with zero attached hydrogens (tertiary/aromatic N) is 1. The number of esters is 1. The Balaban J connectivity index is 0. The van der Waals surface area contributed by atoms with Gasteiger partial charge in [0.15, 0.2) is 0 Å². The number of hydrogen-bond acceptors (Lipinski definition) is 2. The first kappa shape index (κ1) is 64.2. The van der Waals surface area contributed by atoms with Crippen molar-refractivity contribution in [2.24, 2.45) is 5.41 Å². The van der Waals surface area contributed by atoms with Gasteiger partial charge in [-0.1, -0.05) is 216 Å². The second kappa shape index (κ2) is 50.6. The molecule has 0 atom stereocenters. The van der Waals surface area contributed by atoms with Crippen molar-refractivity contribution in [2.45, 2.75) is 265 Å². The molecule has 0 unspecified atom stereocenters. The Hall–Kier alpha value is -1.84. The molecule has 4 heteroatoms. The molecule has 0 saturated carbocycles. The van der Waals surface area contributed by atoms with Crippen LogP contribution in [-0.4, -0.2) is 44.7 Å². The molecule has 3 nitrogen and oxygen atoms in total. The first-order valence-electron chi connectivity index (χ1n) is 27.6. The van der Waals surface area contributed by atoms with Crippen LogP contribution in [0.3, 0.4) is 0 Å². The van der Waals surface area contributed by atoms with Crippen LogP contribution in [0.1, 0.15) is 265 Å². The van der Waals surface area contributed by atoms with Crippen molar-refractivity contribution in [3.8, 4) is 0 Å². The quantitative estimate of drug-likeness (QED) is 0.0263. The molecule has 374 valence electrons. The van der Waals surface area contributed by atoms with E-state index in [4.69, 9.17) is 4.74 Å². The summed E-state index contributed by atoms with van der Waals surface area (Å²) in [7, 11) is 6.99. The zero-order valence-electron chi connectivity index (χ0n) is 43.9. The Morgan fingerprint density at radius 2 is 0.672 bits per heavy atom. The summed E-state index contributed by atoms with van der Waals surface area (Å²) in [6, 6.07) is 0. The monoisotopic (exact) mass is 912 g/mol. The SMILES string of the molecule is CCCCC/C=C\C/C=C\CCCCCCCCC(CCCCCCCC/C=C\C/C=C\CCCCC)(COC(=O)CCCCCCC/C=C\C/C=C\CCCCC)C[N+](C)(C)C.[Cl-]. The largest absolute Gasteiger partial charge is 1.00 e. The van der Waals surface area contributed by atoms with E-state index in [1.165, 1.54) is 205 Å². The van der Waals surface area contributed by atoms with Crippen molar-refractivity contribution >= 4 is 5.97 Å². The molecular weight excluding hydrogens is 802 g/mol. The first-order valence-corrected chi connectivity index (χ1v) is 27.6. The van der Waals surface area contributed by atoms with E-state index >= 15 is 0 Å². The Labute approximate surface area is 408 Å². The minimum Gasteiger partial charge on any atom is -1.00 e. The van der Waals surface area contributed by atoms with Gasteiger partial charge in [-0.15, -0.1) is 0 Å². The topological polar surface area (TPSA) is 26.3 Å². The molecule has 0 aromatic carbocycles. The smallest absolute Gasteiger partial charge is 0.305 e. The van der Waals surface area contributed by atoms with Crippen molar-refractivity contribution in [1.82, 2.24) is 0 Å². The number of ether oxygens (including phenoxy) is 1. The summed E-state index contributed by atoms with van der Waals surface area (Å²) in [6.07, 6.45) is 75.0. The van der Waals surface area contributed by atoms with E-state index in [2.05, 4.69) is 115 Å². The van der Waals surface area contributed by atoms with Gasteiger partial charge in [0, 0.05) is 6.42 Å². The Kier molecular flexibility index (Phi) is 50.8. The summed E-state index contributed by atoms with van der Waals surface area (Å²) in [4.78, 5) is 13.2. The second-order valence-electron chi connectivity index (χ2n) is 20.3. The van der Waals surface area contributed by atoms with Gasteiger partial charge in [-0.2, -0.15) is 0 Å². The third-order valence-corrected chi connectivity index (χ3v) is 12.5. The molecule has 0 aliphatic carbocycles. The number of halogens is 1. The molecule has 64 heavy (non-hydrogen) atoms. The lowest BCUT2D eigenvalue weighted by Gasteiger charge is -2.39. The molecule has 0 aromatic rings. The number of allylic oxidation sites excluding steroid dienone is 12. The Bertz CT molecular complexity index is 1090. The number of hydrogen-bond donors (Lipinski definition) is 0. The third-order valence-electron chi connectivity index (χ3n) is 12.5. The van der Waals surface area contributed by atoms with Gasteiger partial charge in [0.2, 0.25) is 0 Å². The number of unbranched alkanes of at least 4 members (excludes halogenated alkanes) is 26. The van der Waals surface area contributed by atoms with Crippen LogP contribution in [0.2, 0.25) is 0 Å². The summed E-state index contributed by atoms with van der Waals surface area (Å²) in [6.45, 7) is 8.48. The van der Waals surface area contributed by atoms with E-state index < -0.39 is 0 Å². The molecule has 0 spiro atoms. The molecule has 0 aromatic heterocycles. The van der Waals surface area contributed by atoms with Crippen LogP contribution in [-0.2, 0) is 9.53 Å². The summed E-state index contributed by atoms with van der Waals surface area (Å²) >= 11 is 0. The maximum absolute atomic E-state index is 13.2. The van der Waals surface area contributed by atoms with Crippen LogP contribution in [0, 0.1) is 5.41 Å². The maximum Gasteiger partial charge on any atom is 0.305 e. The van der Waals surface area contributed by atoms with Crippen molar-refractivity contribution in [3.05, 3.63) is 72.9 Å². The molecule has 0 rings (SSSR count). The summed E-state index contributed by atoms with van der Waals surface area (Å²) in [5, 5.41) is 0. The van der Waals surface area contributed by atoms with Crippen LogP contribution in [0.15, 0.2) is 72.9 Å². The molecule has 0 N–H and O–H groups in total. The van der Waals surface area contributed by atoms with E-state index in [0.29, 0.717) is 13.0 Å². The second-order valence-corrected chi connectivity index (χ2v) is 20.3. The van der Waals surface area contributed by atoms with E-state index in [-0.39, 0.29) is 23.8 Å². The van der Waals surface area contributed by atoms with Crippen LogP contribution < -0.4 is 12.4 Å². The van der Waals surface area contributed by atoms with Gasteiger partial charge in [-0.05, 0) is 116 Å². The Morgan fingerprint density at radius 1 is 0.391 bits per heavy atom. The highest BCUT2D eigenvalue weighted by Gasteiger charge is 2.36. The fraction of sp³-hybridized carbons (Fsp3) is 0.783. The van der Waals surface area contributed by atoms with Crippen LogP contribution in [0.25, 0.3) is 0 Å². The number of carbonyl (C=O) groups excluding carboxylic acids is 1. The van der Waals surface area contributed by atoms with Crippen LogP contribution in [0.5, 0.6) is 0 Å². The van der Waals surface area contributed by atoms with E-state index in [0.717, 1.165) is 43.1 Å². The Morgan fingerprint density at radius 3 is 0.984 bits per heavy atom. The molecule has 0 aliphatic rings. The fourth-order valence-electron chi connectivity index (χ4n) is 8.84. The summed E-state index contributed by atoms with van der Waals surface area (Å²) < 4.78 is 7.17. The van der Waals surface area contributed by atoms with Gasteiger partial charge in [0.05, 0.1) is 33.1 Å². The zero-order valence-corrected chi connectivity index (χ0v) is 44.6. The molecule has 0 radical (unpaired) electrons. The standard InChI is InChI=1S/C60H110NO2.ClH/c1-7-10-13-16-19-22-25-28-31-34-37-40-43-46-49-52-55-60(57-61(4,5)6,56-53-50-47-44-41-38-35-32-29-26-23-20-17-14-11-8-2)58-63-59(62)54-51-48-45-42-39-36-33-30-27-24-21-18-15-12-9-3;/h19-24,28-33H,7-18,25-27,34-58H2,1-6H3;1H/q+1;/p-1/b22-19-,23-20-,24-21-,31-28-,32-29-,33-30-;. The third kappa shape index (κ3) is 49.6. The van der Waals surface area contributed by atoms with Gasteiger partial charge in [0.25, 0.3) is 0 Å². The highest BCUT2D eigenvalue weighted by Crippen LogP contribution is 2.35. The lowest BCUT2D eigenvalue weighted by molar-refractivity contribution is -0.877. The zero-order chi connectivity index (χ0) is 46.1. The van der Waals surface area contributed by atoms with E-state index in [1.807, 2.05) is 0 Å². The van der Waals surface area contributed by atoms with Crippen molar-refractivity contribution < 1.29 is 26.4 Å². The minimum absolute atomic E-state index is 0. The lowest BCUT2D eigenvalue weighted by atomic mass is 9.77. The van der Waals surface area contributed by atoms with Crippen LogP contribution in [0.4, 0.5) is 0 Å². The fourth-order valence-corrected chi connectivity index (χ4v) is 8.84. The van der Waals surface area contributed by atoms with E-state index in [9.17, 15) is 4.79 Å². The van der Waals surface area contributed by atoms with Gasteiger partial charge < -0.3 is 21.6 Å². The molecule has 0 fully saturated rings. The summed E-state index contributed by atoms with van der Waals surface area (Å²) in [5.74, 6) is 0.0283. The molecule has 0 bridgehead atoms. The normalized spacial score (nSPS) is 12.7. The highest BCUT2D eigenvalue weighted by atomic mass is 35.5. The molecule has 0 amide bonds. The minimum atomic E-state index is 0. The first-order chi connectivity index (χ1) is 30.8. The van der Waals surface area contributed by atoms with Gasteiger partial charge in [0.1, 0.15) is 6.61 Å². The van der Waals surface area contributed by atoms with Gasteiger partial charge in [-0.25, -0.2) is 0 Å². The molecule has 0 aliphatic heterocycles. The predicted octanol–water partition coefficient (Wildman–Crippen LogP) is 16.4. The summed E-state index contributed by atoms with van der Waals surface area (Å²) in [5.41, 5.74) is 0.0662. The molecule has 0 saturated heterocycles. The van der Waals surface area contributed by atoms with Crippen molar-refractivity contribution in [3.63, 3.8) is 0 Å². The number of rotatable bonds is 48. The van der Waals surface area contributed by atoms with Gasteiger partial charge >= 0.3 is 5.97 Å². The molecular formula is C60H110ClNO2. The number of quaternary nitrogens is 1. The van der Waals surface area contributed by atoms with Gasteiger partial charge in [-0.3, -0.25) is 4.79 Å². The highest BCUT2D eigenvalue weighted by molar-refractivity contribution is 5.69. The molecule has 0 heterocycles. The predicted molar refractivity (Wildman–Crippen MR) is 284 cm³/mol. The van der Waals surface area contributed by atoms with E-state index in [1.54, 1.807) is 0 Å². The van der Waals surface area contributed by atoms with Crippen LogP contribution >= 0.6 is 0 Å². The van der Waals surface area contributed by atoms with Crippen molar-refractivity contribution in [1.29, 1.82) is 0 Å².